The van der Waals surface area contributed by atoms with Crippen LogP contribution in [0.25, 0.3) is 11.3 Å². The number of nitrogens with zero attached hydrogens (tertiary/aromatic N) is 9. The Balaban J connectivity index is 0.000000247. The van der Waals surface area contributed by atoms with Gasteiger partial charge in [0.1, 0.15) is 22.2 Å². The lowest BCUT2D eigenvalue weighted by atomic mass is 9.98. The first-order valence-electron chi connectivity index (χ1n) is 29.9. The van der Waals surface area contributed by atoms with Crippen LogP contribution in [-0.2, 0) is 29.5 Å². The van der Waals surface area contributed by atoms with Crippen molar-refractivity contribution in [3.63, 3.8) is 0 Å². The number of piperidine rings is 2. The number of fused-ring (bicyclic) bond motifs is 2. The molecule has 0 saturated carbocycles. The Labute approximate surface area is 564 Å². The van der Waals surface area contributed by atoms with Gasteiger partial charge in [-0.05, 0) is 143 Å². The molecule has 26 nitrogen and oxygen atoms in total. The van der Waals surface area contributed by atoms with Gasteiger partial charge >= 0.3 is 12.2 Å². The molecule has 6 aromatic rings. The maximum Gasteiger partial charge on any atom is 0.407 e. The van der Waals surface area contributed by atoms with Gasteiger partial charge in [0.25, 0.3) is 11.8 Å². The van der Waals surface area contributed by atoms with Crippen LogP contribution in [0.1, 0.15) is 156 Å². The number of aliphatic hydroxyl groups excluding tert-OH is 2. The Kier molecular flexibility index (Phi) is 25.5. The van der Waals surface area contributed by atoms with E-state index < -0.39 is 43.4 Å². The lowest BCUT2D eigenvalue weighted by Gasteiger charge is -2.35. The average Bonchev–Trinajstić information content (AvgIpc) is 1.72. The number of ether oxygens (including phenoxy) is 2. The van der Waals surface area contributed by atoms with E-state index in [4.69, 9.17) is 59.5 Å². The van der Waals surface area contributed by atoms with Gasteiger partial charge < -0.3 is 50.3 Å². The van der Waals surface area contributed by atoms with Gasteiger partial charge in [0.15, 0.2) is 11.3 Å². The fourth-order valence-corrected chi connectivity index (χ4v) is 13.0. The van der Waals surface area contributed by atoms with Crippen LogP contribution < -0.4 is 30.3 Å². The van der Waals surface area contributed by atoms with Crippen molar-refractivity contribution >= 4 is 120 Å². The standard InChI is InChI=1S/C30H40ClN7O6S.C20H21Cl2N5O3S.C10H20N2O3.CH4.ClH/c1-18-15-38-26(33-27(18)37-16-20(13-21(37)17-39)32-29(41)44-30(2,3)4)14-24(34-38)25-8-6-7-11-36(25)28(40)22-12-19(31)9-10-23(22)35-45(5,42)43;1-12-11-27-18(23-19(12)22)10-16(24-27)17-5-3-4-8-26(17)20(28)14-9-13(21)6-7-15(14)25-31(2,29)30;1-10(2,3)15-9(14)12-7-4-8(6-13)11-5-7;;/h9-10,12,14-15,20-21,25,35,39H,6-8,11,13,16-17H2,1-5H3,(H,32,41);6-7,9-11,17,25H,3-5,8H2,1-2H3;7-8,11,13H,4-6H2,1-3H3,(H,12,14);1H4;1H/t20-,21-,25-;17-;7-,8-;;/m000../s1. The van der Waals surface area contributed by atoms with E-state index in [2.05, 4.69) is 35.5 Å². The number of hydrogen-bond acceptors (Lipinski definition) is 18. The molecular weight excluding hydrogens is 1330 g/mol. The number of amides is 4. The molecule has 4 amide bonds. The van der Waals surface area contributed by atoms with Crippen molar-refractivity contribution < 1.29 is 55.7 Å². The molecule has 0 bridgehead atoms. The molecule has 4 aromatic heterocycles. The van der Waals surface area contributed by atoms with Gasteiger partial charge in [-0.15, -0.1) is 12.4 Å². The molecule has 6 atom stereocenters. The number of sulfonamides is 2. The van der Waals surface area contributed by atoms with Gasteiger partial charge in [0.2, 0.25) is 20.0 Å². The first-order valence-corrected chi connectivity index (χ1v) is 34.8. The summed E-state index contributed by atoms with van der Waals surface area (Å²) in [5.74, 6) is 0.0210. The zero-order valence-electron chi connectivity index (χ0n) is 53.0. The maximum absolute atomic E-state index is 13.9. The van der Waals surface area contributed by atoms with Crippen LogP contribution in [0.3, 0.4) is 0 Å². The summed E-state index contributed by atoms with van der Waals surface area (Å²) in [7, 11) is -7.20. The number of aryl methyl sites for hydroxylation is 2. The highest BCUT2D eigenvalue weighted by Crippen LogP contribution is 2.37. The predicted molar refractivity (Wildman–Crippen MR) is 362 cm³/mol. The molecule has 8 heterocycles. The Morgan fingerprint density at radius 1 is 0.656 bits per heavy atom. The van der Waals surface area contributed by atoms with Gasteiger partial charge in [-0.2, -0.15) is 10.2 Å². The summed E-state index contributed by atoms with van der Waals surface area (Å²) in [6, 6.07) is 11.7. The van der Waals surface area contributed by atoms with E-state index in [1.54, 1.807) is 51.9 Å². The Morgan fingerprint density at radius 3 is 1.56 bits per heavy atom. The van der Waals surface area contributed by atoms with Gasteiger partial charge in [0, 0.05) is 84.0 Å². The quantitative estimate of drug-likeness (QED) is 0.0529. The summed E-state index contributed by atoms with van der Waals surface area (Å²) in [6.07, 6.45) is 11.0. The fraction of sp³-hybridized carbons (Fsp3) is 0.541. The smallest absolute Gasteiger partial charge is 0.407 e. The highest BCUT2D eigenvalue weighted by molar-refractivity contribution is 7.92. The van der Waals surface area contributed by atoms with Crippen molar-refractivity contribution in [3.8, 4) is 0 Å². The second kappa shape index (κ2) is 31.4. The third-order valence-electron chi connectivity index (χ3n) is 15.2. The minimum Gasteiger partial charge on any atom is -0.444 e. The van der Waals surface area contributed by atoms with Crippen LogP contribution >= 0.6 is 47.2 Å². The van der Waals surface area contributed by atoms with Crippen molar-refractivity contribution in [2.24, 2.45) is 0 Å². The van der Waals surface area contributed by atoms with Gasteiger partial charge in [-0.1, -0.05) is 42.2 Å². The second-order valence-electron chi connectivity index (χ2n) is 25.3. The van der Waals surface area contributed by atoms with Crippen molar-refractivity contribution in [1.82, 2.24) is 54.9 Å². The number of carbonyl (C=O) groups excluding carboxylic acids is 4. The molecule has 4 aliphatic rings. The Morgan fingerprint density at radius 2 is 1.12 bits per heavy atom. The Hall–Kier alpha value is -6.50. The lowest BCUT2D eigenvalue weighted by molar-refractivity contribution is 0.0495. The number of anilines is 3. The van der Waals surface area contributed by atoms with E-state index in [1.807, 2.05) is 57.8 Å². The number of rotatable bonds is 13. The molecule has 10 rings (SSSR count). The molecule has 4 saturated heterocycles. The predicted octanol–water partition coefficient (Wildman–Crippen LogP) is 9.27. The number of halogens is 4. The third kappa shape index (κ3) is 20.5. The molecule has 0 spiro atoms. The molecule has 2 aromatic carbocycles. The van der Waals surface area contributed by atoms with Crippen LogP contribution in [0, 0.1) is 13.8 Å². The van der Waals surface area contributed by atoms with Crippen LogP contribution in [0.5, 0.6) is 0 Å². The zero-order chi connectivity index (χ0) is 66.5. The van der Waals surface area contributed by atoms with Gasteiger partial charge in [-0.3, -0.25) is 19.0 Å². The van der Waals surface area contributed by atoms with E-state index in [-0.39, 0.29) is 104 Å². The number of alkyl carbamates (subject to hydrolysis) is 2. The number of benzene rings is 2. The summed E-state index contributed by atoms with van der Waals surface area (Å²) in [6.45, 7) is 16.8. The molecule has 0 aliphatic carbocycles. The third-order valence-corrected chi connectivity index (χ3v) is 17.3. The second-order valence-corrected chi connectivity index (χ2v) is 30.0. The molecule has 32 heteroatoms. The number of aromatic nitrogens is 6. The van der Waals surface area contributed by atoms with E-state index in [0.29, 0.717) is 82.7 Å². The maximum atomic E-state index is 13.9. The highest BCUT2D eigenvalue weighted by Gasteiger charge is 2.38. The van der Waals surface area contributed by atoms with Crippen molar-refractivity contribution in [2.45, 2.75) is 162 Å². The number of hydrogen-bond donors (Lipinski definition) is 7. The van der Waals surface area contributed by atoms with Gasteiger partial charge in [-0.25, -0.2) is 45.4 Å². The van der Waals surface area contributed by atoms with E-state index >= 15 is 0 Å². The van der Waals surface area contributed by atoms with Crippen LogP contribution in [0.15, 0.2) is 60.9 Å². The first kappa shape index (κ1) is 75.5. The Bertz CT molecular complexity index is 3850. The van der Waals surface area contributed by atoms with Crippen LogP contribution in [0.4, 0.5) is 26.8 Å². The molecule has 0 unspecified atom stereocenters. The van der Waals surface area contributed by atoms with Crippen LogP contribution in [-0.4, -0.2) is 177 Å². The monoisotopic (exact) mass is 1410 g/mol. The van der Waals surface area contributed by atoms with Crippen molar-refractivity contribution in [3.05, 3.63) is 110 Å². The molecule has 4 fully saturated rings. The zero-order valence-corrected chi connectivity index (χ0v) is 57.7. The summed E-state index contributed by atoms with van der Waals surface area (Å²) in [5, 5.41) is 38.3. The van der Waals surface area contributed by atoms with Gasteiger partial charge in [0.05, 0.1) is 83.8 Å². The average molecular weight is 1410 g/mol. The van der Waals surface area contributed by atoms with E-state index in [9.17, 15) is 41.1 Å². The molecule has 512 valence electrons. The number of carbonyl (C=O) groups is 4. The molecular formula is C61H86Cl4N14O12S2. The molecule has 0 radical (unpaired) electrons. The molecule has 4 aliphatic heterocycles. The molecule has 7 N–H and O–H groups in total. The fourth-order valence-electron chi connectivity index (χ4n) is 11.4. The lowest BCUT2D eigenvalue weighted by Crippen LogP contribution is -2.40. The van der Waals surface area contributed by atoms with Crippen LogP contribution in [0.2, 0.25) is 15.2 Å². The SMILES string of the molecule is C.CC(C)(C)OC(=O)N[C@@H]1CN[C@H](CO)C1.Cc1cn2nc([C@@H]3CCCCN3C(=O)c3cc(Cl)ccc3NS(C)(=O)=O)cc2nc1Cl.Cc1cn2nc([C@@H]3CCCCN3C(=O)c3cc(Cl)ccc3NS(C)(=O)=O)cc2nc1N1C[C@@H](NC(=O)OC(C)(C)C)C[C@H]1CO.Cl. The normalized spacial score (nSPS) is 20.1. The number of likely N-dealkylation sites (tertiary alicyclic amines) is 2. The summed E-state index contributed by atoms with van der Waals surface area (Å²) >= 11 is 18.5. The summed E-state index contributed by atoms with van der Waals surface area (Å²) < 4.78 is 66.3. The van der Waals surface area contributed by atoms with Crippen molar-refractivity contribution in [2.75, 3.05) is 66.2 Å². The largest absolute Gasteiger partial charge is 0.444 e. The van der Waals surface area contributed by atoms with E-state index in [0.717, 1.165) is 62.2 Å². The molecule has 93 heavy (non-hydrogen) atoms. The first-order chi connectivity index (χ1) is 42.6. The summed E-state index contributed by atoms with van der Waals surface area (Å²) in [5.41, 5.74) is 3.82. The van der Waals surface area contributed by atoms with E-state index in [1.165, 1.54) is 30.3 Å². The number of aliphatic hydroxyl groups is 2. The number of nitrogens with one attached hydrogen (secondary N) is 5. The van der Waals surface area contributed by atoms with Crippen molar-refractivity contribution in [1.29, 1.82) is 0 Å². The topological polar surface area (TPSA) is 326 Å². The highest BCUT2D eigenvalue weighted by atomic mass is 35.5. The minimum absolute atomic E-state index is 0. The minimum atomic E-state index is -3.63. The summed E-state index contributed by atoms with van der Waals surface area (Å²) in [4.78, 5) is 65.9.